The Morgan fingerprint density at radius 1 is 1.45 bits per heavy atom. The Morgan fingerprint density at radius 3 is 2.36 bits per heavy atom. The van der Waals surface area contributed by atoms with E-state index in [1.807, 2.05) is 33.2 Å². The molecular weight excluding hydrogens is 180 g/mol. The molecule has 0 aliphatic carbocycles. The van der Waals surface area contributed by atoms with Gasteiger partial charge in [0.25, 0.3) is 0 Å². The molecule has 0 bridgehead atoms. The Balaban J connectivity index is 3.38. The van der Waals surface area contributed by atoms with Crippen LogP contribution in [0, 0.1) is 0 Å². The number of thiocarbonyl (C=S) groups is 1. The summed E-state index contributed by atoms with van der Waals surface area (Å²) < 4.78 is 0.719. The number of rotatable bonds is 3. The number of nitrogens with zero attached hydrogens (tertiary/aromatic N) is 1. The maximum atomic E-state index is 4.98. The molecule has 0 aliphatic rings. The SMILES string of the molecule is CN(C)NC(=S)SN[NH+](C)C. The van der Waals surface area contributed by atoms with Gasteiger partial charge in [0.1, 0.15) is 0 Å². The van der Waals surface area contributed by atoms with Gasteiger partial charge in [0.05, 0.1) is 14.1 Å². The van der Waals surface area contributed by atoms with Gasteiger partial charge in [0.15, 0.2) is 4.32 Å². The van der Waals surface area contributed by atoms with E-state index in [2.05, 4.69) is 10.3 Å². The van der Waals surface area contributed by atoms with E-state index in [-0.39, 0.29) is 0 Å². The van der Waals surface area contributed by atoms with Gasteiger partial charge in [-0.3, -0.25) is 5.01 Å². The van der Waals surface area contributed by atoms with Gasteiger partial charge in [0.2, 0.25) is 0 Å². The van der Waals surface area contributed by atoms with Crippen molar-refractivity contribution in [2.45, 2.75) is 0 Å². The lowest BCUT2D eigenvalue weighted by Crippen LogP contribution is -3.11. The van der Waals surface area contributed by atoms with E-state index in [9.17, 15) is 0 Å². The van der Waals surface area contributed by atoms with Gasteiger partial charge in [-0.05, 0) is 12.2 Å². The van der Waals surface area contributed by atoms with Crippen molar-refractivity contribution in [2.75, 3.05) is 28.2 Å². The topological polar surface area (TPSA) is 31.7 Å². The highest BCUT2D eigenvalue weighted by Gasteiger charge is 1.99. The first-order valence-corrected chi connectivity index (χ1v) is 4.46. The molecule has 0 unspecified atom stereocenters. The Bertz CT molecular complexity index is 126. The van der Waals surface area contributed by atoms with Crippen LogP contribution in [-0.2, 0) is 0 Å². The van der Waals surface area contributed by atoms with Crippen molar-refractivity contribution in [1.29, 1.82) is 0 Å². The molecule has 0 aromatic rings. The van der Waals surface area contributed by atoms with Crippen LogP contribution in [0.25, 0.3) is 0 Å². The zero-order valence-electron chi connectivity index (χ0n) is 7.26. The second-order valence-corrected chi connectivity index (χ2v) is 3.98. The van der Waals surface area contributed by atoms with Gasteiger partial charge in [-0.1, -0.05) is 0 Å². The van der Waals surface area contributed by atoms with Crippen molar-refractivity contribution in [3.8, 4) is 0 Å². The van der Waals surface area contributed by atoms with Crippen LogP contribution < -0.4 is 15.3 Å². The fourth-order valence-electron chi connectivity index (χ4n) is 0.354. The summed E-state index contributed by atoms with van der Waals surface area (Å²) in [5, 5.41) is 2.94. The highest BCUT2D eigenvalue weighted by Crippen LogP contribution is 1.91. The molecule has 66 valence electrons. The minimum atomic E-state index is 0.719. The van der Waals surface area contributed by atoms with Crippen molar-refractivity contribution >= 4 is 28.5 Å². The van der Waals surface area contributed by atoms with E-state index in [1.54, 1.807) is 0 Å². The van der Waals surface area contributed by atoms with E-state index >= 15 is 0 Å². The summed E-state index contributed by atoms with van der Waals surface area (Å²) in [6.07, 6.45) is 0. The highest BCUT2D eigenvalue weighted by atomic mass is 32.2. The van der Waals surface area contributed by atoms with Crippen molar-refractivity contribution in [3.63, 3.8) is 0 Å². The quantitative estimate of drug-likeness (QED) is 0.294. The molecule has 0 rings (SSSR count). The van der Waals surface area contributed by atoms with Crippen molar-refractivity contribution in [1.82, 2.24) is 15.3 Å². The first-order chi connectivity index (χ1) is 5.02. The van der Waals surface area contributed by atoms with Crippen LogP contribution in [0.3, 0.4) is 0 Å². The summed E-state index contributed by atoms with van der Waals surface area (Å²) >= 11 is 6.39. The molecule has 0 saturated heterocycles. The Morgan fingerprint density at radius 2 is 2.00 bits per heavy atom. The molecule has 0 radical (unpaired) electrons. The number of hydrazine groups is 1. The number of hydrogen-bond donors (Lipinski definition) is 3. The van der Waals surface area contributed by atoms with E-state index in [0.717, 1.165) is 9.33 Å². The molecule has 6 heteroatoms. The molecule has 3 N–H and O–H groups in total. The molecule has 0 spiro atoms. The summed E-state index contributed by atoms with van der Waals surface area (Å²) in [6, 6.07) is 0. The number of quaternary nitrogens is 1. The van der Waals surface area contributed by atoms with Crippen LogP contribution >= 0.6 is 24.2 Å². The molecule has 0 atom stereocenters. The summed E-state index contributed by atoms with van der Waals surface area (Å²) in [7, 11) is 7.78. The second-order valence-electron chi connectivity index (χ2n) is 2.50. The lowest BCUT2D eigenvalue weighted by atomic mass is 11.1. The molecule has 0 aromatic heterocycles. The van der Waals surface area contributed by atoms with E-state index in [0.29, 0.717) is 0 Å². The Labute approximate surface area is 77.4 Å². The van der Waals surface area contributed by atoms with Crippen molar-refractivity contribution < 1.29 is 5.01 Å². The van der Waals surface area contributed by atoms with Crippen LogP contribution in [-0.4, -0.2) is 37.5 Å². The molecule has 0 fully saturated rings. The summed E-state index contributed by atoms with van der Waals surface area (Å²) in [4.78, 5) is 3.05. The van der Waals surface area contributed by atoms with Gasteiger partial charge in [-0.15, -0.1) is 4.83 Å². The minimum absolute atomic E-state index is 0.719. The molecule has 0 aromatic carbocycles. The third-order valence-corrected chi connectivity index (χ3v) is 1.79. The minimum Gasteiger partial charge on any atom is -0.303 e. The molecule has 0 saturated carbocycles. The number of hydrogen-bond acceptors (Lipinski definition) is 4. The average Bonchev–Trinajstić information content (AvgIpc) is 1.82. The van der Waals surface area contributed by atoms with Gasteiger partial charge >= 0.3 is 0 Å². The fourth-order valence-corrected chi connectivity index (χ4v) is 1.19. The Kier molecular flexibility index (Phi) is 5.79. The predicted molar refractivity (Wildman–Crippen MR) is 53.0 cm³/mol. The second kappa shape index (κ2) is 5.73. The maximum Gasteiger partial charge on any atom is 0.168 e. The first kappa shape index (κ1) is 11.1. The van der Waals surface area contributed by atoms with Gasteiger partial charge in [-0.2, -0.15) is 0 Å². The van der Waals surface area contributed by atoms with Crippen LogP contribution in [0.5, 0.6) is 0 Å². The first-order valence-electron chi connectivity index (χ1n) is 3.23. The third-order valence-electron chi connectivity index (χ3n) is 0.663. The lowest BCUT2D eigenvalue weighted by molar-refractivity contribution is -0.889. The van der Waals surface area contributed by atoms with Crippen LogP contribution in [0.2, 0.25) is 0 Å². The standard InChI is InChI=1S/C5H14N4S2/c1-8(2)6-5(10)11-7-9(3)4/h7H,1-4H3,(H,6,10)/p+1. The predicted octanol–water partition coefficient (Wildman–Crippen LogP) is -1.37. The lowest BCUT2D eigenvalue weighted by Gasteiger charge is -2.14. The van der Waals surface area contributed by atoms with E-state index in [1.165, 1.54) is 11.9 Å². The number of nitrogens with one attached hydrogen (secondary N) is 3. The molecule has 0 amide bonds. The summed E-state index contributed by atoms with van der Waals surface area (Å²) in [5.74, 6) is 0. The van der Waals surface area contributed by atoms with Crippen LogP contribution in [0.1, 0.15) is 0 Å². The summed E-state index contributed by atoms with van der Waals surface area (Å²) in [6.45, 7) is 0. The van der Waals surface area contributed by atoms with Crippen LogP contribution in [0.15, 0.2) is 0 Å². The average molecular weight is 195 g/mol. The zero-order valence-corrected chi connectivity index (χ0v) is 8.90. The van der Waals surface area contributed by atoms with E-state index < -0.39 is 0 Å². The smallest absolute Gasteiger partial charge is 0.168 e. The van der Waals surface area contributed by atoms with E-state index in [4.69, 9.17) is 12.2 Å². The fraction of sp³-hybridized carbons (Fsp3) is 0.800. The molecule has 11 heavy (non-hydrogen) atoms. The van der Waals surface area contributed by atoms with Gasteiger partial charge in [-0.25, -0.2) is 5.01 Å². The highest BCUT2D eigenvalue weighted by molar-refractivity contribution is 8.21. The Hall–Kier alpha value is 0.120. The molecule has 4 nitrogen and oxygen atoms in total. The monoisotopic (exact) mass is 195 g/mol. The normalized spacial score (nSPS) is 10.7. The zero-order chi connectivity index (χ0) is 8.85. The van der Waals surface area contributed by atoms with Crippen molar-refractivity contribution in [3.05, 3.63) is 0 Å². The third kappa shape index (κ3) is 8.02. The molecule has 0 aliphatic heterocycles. The van der Waals surface area contributed by atoms with Gasteiger partial charge in [0, 0.05) is 26.0 Å². The van der Waals surface area contributed by atoms with Crippen LogP contribution in [0.4, 0.5) is 0 Å². The summed E-state index contributed by atoms with van der Waals surface area (Å²) in [5.41, 5.74) is 2.95. The largest absolute Gasteiger partial charge is 0.303 e. The molecular formula is C5H15N4S2+. The molecule has 0 heterocycles. The van der Waals surface area contributed by atoms with Gasteiger partial charge < -0.3 is 5.43 Å². The maximum absolute atomic E-state index is 4.98. The van der Waals surface area contributed by atoms with Crippen molar-refractivity contribution in [2.24, 2.45) is 0 Å².